The van der Waals surface area contributed by atoms with Crippen LogP contribution in [0.2, 0.25) is 5.31 Å². The van der Waals surface area contributed by atoms with E-state index in [4.69, 9.17) is 7.85 Å². The molecule has 94 valence electrons. The third-order valence-electron chi connectivity index (χ3n) is 2.85. The maximum atomic E-state index is 6.14. The van der Waals surface area contributed by atoms with Crippen LogP contribution in [0, 0.1) is 16.7 Å². The summed E-state index contributed by atoms with van der Waals surface area (Å²) in [7, 11) is 6.14. The lowest BCUT2D eigenvalue weighted by Crippen LogP contribution is -2.27. The van der Waals surface area contributed by atoms with Crippen molar-refractivity contribution in [1.82, 2.24) is 0 Å². The molecule has 0 aliphatic heterocycles. The smallest absolute Gasteiger partial charge is 0.0711 e. The van der Waals surface area contributed by atoms with Gasteiger partial charge >= 0.3 is 0 Å². The van der Waals surface area contributed by atoms with Crippen molar-refractivity contribution in [1.29, 1.82) is 0 Å². The molecule has 0 spiro atoms. The van der Waals surface area contributed by atoms with E-state index in [0.717, 1.165) is 12.3 Å². The fourth-order valence-electron chi connectivity index (χ4n) is 3.77. The second kappa shape index (κ2) is 5.15. The van der Waals surface area contributed by atoms with Gasteiger partial charge in [-0.25, -0.2) is 0 Å². The predicted molar refractivity (Wildman–Crippen MR) is 76.0 cm³/mol. The molecule has 0 bridgehead atoms. The van der Waals surface area contributed by atoms with Gasteiger partial charge in [-0.15, -0.1) is 0 Å². The van der Waals surface area contributed by atoms with E-state index < -0.39 is 0 Å². The maximum Gasteiger partial charge on any atom is 0.0739 e. The van der Waals surface area contributed by atoms with E-state index in [1.165, 1.54) is 12.8 Å². The zero-order valence-electron chi connectivity index (χ0n) is 12.8. The Bertz CT molecular complexity index is 206. The molecule has 0 unspecified atom stereocenters. The molecule has 2 radical (unpaired) electrons. The van der Waals surface area contributed by atoms with E-state index in [1.54, 1.807) is 0 Å². The van der Waals surface area contributed by atoms with E-state index >= 15 is 0 Å². The number of hydrogen-bond acceptors (Lipinski definition) is 0. The second-order valence-corrected chi connectivity index (χ2v) is 8.27. The van der Waals surface area contributed by atoms with Crippen LogP contribution in [0.25, 0.3) is 0 Å². The summed E-state index contributed by atoms with van der Waals surface area (Å²) < 4.78 is 0. The summed E-state index contributed by atoms with van der Waals surface area (Å²) in [5.41, 5.74) is 0.750. The zero-order valence-corrected chi connectivity index (χ0v) is 12.8. The third-order valence-corrected chi connectivity index (χ3v) is 2.85. The first-order valence-electron chi connectivity index (χ1n) is 6.62. The largest absolute Gasteiger partial charge is 0.0739 e. The molecule has 0 N–H and O–H groups in total. The quantitative estimate of drug-likeness (QED) is 0.539. The van der Waals surface area contributed by atoms with Crippen molar-refractivity contribution in [2.45, 2.75) is 80.0 Å². The highest BCUT2D eigenvalue weighted by molar-refractivity contribution is 6.14. The molecule has 0 saturated heterocycles. The van der Waals surface area contributed by atoms with Crippen LogP contribution in [-0.4, -0.2) is 7.85 Å². The summed E-state index contributed by atoms with van der Waals surface area (Å²) in [6.45, 7) is 18.3. The van der Waals surface area contributed by atoms with Gasteiger partial charge in [0.25, 0.3) is 0 Å². The van der Waals surface area contributed by atoms with Gasteiger partial charge in [0.2, 0.25) is 0 Å². The Labute approximate surface area is 105 Å². The lowest BCUT2D eigenvalue weighted by Gasteiger charge is -2.40. The van der Waals surface area contributed by atoms with Crippen LogP contribution in [0.4, 0.5) is 0 Å². The van der Waals surface area contributed by atoms with Crippen molar-refractivity contribution in [2.75, 3.05) is 0 Å². The minimum Gasteiger partial charge on any atom is -0.0711 e. The molecule has 0 nitrogen and oxygen atoms in total. The summed E-state index contributed by atoms with van der Waals surface area (Å²) in [4.78, 5) is 0. The lowest BCUT2D eigenvalue weighted by molar-refractivity contribution is 0.146. The van der Waals surface area contributed by atoms with Gasteiger partial charge in [-0.05, 0) is 29.6 Å². The number of rotatable bonds is 6. The van der Waals surface area contributed by atoms with Gasteiger partial charge in [0.15, 0.2) is 0 Å². The van der Waals surface area contributed by atoms with Gasteiger partial charge < -0.3 is 0 Å². The molecular formula is C15H31B. The van der Waals surface area contributed by atoms with Gasteiger partial charge in [-0.3, -0.25) is 0 Å². The first kappa shape index (κ1) is 16.1. The Balaban J connectivity index is 4.45. The Kier molecular flexibility index (Phi) is 5.17. The molecule has 0 atom stereocenters. The standard InChI is InChI=1S/C15H31B/c1-12(2)9-13(3,4)10-14(5,6)11-15(7,8)16/h12H,9-11H2,1-8H3. The van der Waals surface area contributed by atoms with E-state index in [-0.39, 0.29) is 5.31 Å². The van der Waals surface area contributed by atoms with Crippen molar-refractivity contribution in [3.8, 4) is 0 Å². The van der Waals surface area contributed by atoms with Crippen LogP contribution in [-0.2, 0) is 0 Å². The SMILES string of the molecule is [B]C(C)(C)CC(C)(C)CC(C)(C)CC(C)C. The Morgan fingerprint density at radius 1 is 0.812 bits per heavy atom. The molecule has 0 aliphatic carbocycles. The molecule has 1 heteroatoms. The monoisotopic (exact) mass is 222 g/mol. The molecule has 0 rings (SSSR count). The molecule has 0 aromatic heterocycles. The number of hydrogen-bond donors (Lipinski definition) is 0. The van der Waals surface area contributed by atoms with Crippen LogP contribution in [0.5, 0.6) is 0 Å². The summed E-state index contributed by atoms with van der Waals surface area (Å²) in [6, 6.07) is 0. The molecule has 0 aromatic carbocycles. The average molecular weight is 222 g/mol. The molecule has 0 saturated carbocycles. The molecule has 0 fully saturated rings. The highest BCUT2D eigenvalue weighted by Crippen LogP contribution is 2.45. The van der Waals surface area contributed by atoms with Crippen LogP contribution in [0.15, 0.2) is 0 Å². The normalized spacial score (nSPS) is 14.6. The average Bonchev–Trinajstić information content (AvgIpc) is 1.69. The fraction of sp³-hybridized carbons (Fsp3) is 1.00. The van der Waals surface area contributed by atoms with E-state index in [0.29, 0.717) is 10.8 Å². The summed E-state index contributed by atoms with van der Waals surface area (Å²) in [5, 5.41) is -0.0581. The van der Waals surface area contributed by atoms with Crippen molar-refractivity contribution in [2.24, 2.45) is 16.7 Å². The molecular weight excluding hydrogens is 191 g/mol. The molecule has 0 amide bonds. The van der Waals surface area contributed by atoms with Crippen LogP contribution < -0.4 is 0 Å². The van der Waals surface area contributed by atoms with Crippen LogP contribution in [0.3, 0.4) is 0 Å². The van der Waals surface area contributed by atoms with Gasteiger partial charge in [-0.1, -0.05) is 67.1 Å². The molecule has 0 aliphatic rings. The first-order valence-corrected chi connectivity index (χ1v) is 6.62. The van der Waals surface area contributed by atoms with Gasteiger partial charge in [0.1, 0.15) is 0 Å². The first-order chi connectivity index (χ1) is 6.83. The van der Waals surface area contributed by atoms with Crippen molar-refractivity contribution >= 4 is 7.85 Å². The Morgan fingerprint density at radius 2 is 1.25 bits per heavy atom. The highest BCUT2D eigenvalue weighted by atomic mass is 14.4. The van der Waals surface area contributed by atoms with Crippen LogP contribution in [0.1, 0.15) is 74.7 Å². The Morgan fingerprint density at radius 3 is 1.56 bits per heavy atom. The van der Waals surface area contributed by atoms with E-state index in [2.05, 4.69) is 55.4 Å². The predicted octanol–water partition coefficient (Wildman–Crippen LogP) is 5.23. The lowest BCUT2D eigenvalue weighted by atomic mass is 9.60. The summed E-state index contributed by atoms with van der Waals surface area (Å²) in [5.74, 6) is 0.775. The zero-order chi connectivity index (χ0) is 13.2. The summed E-state index contributed by atoms with van der Waals surface area (Å²) >= 11 is 0. The van der Waals surface area contributed by atoms with Crippen molar-refractivity contribution in [3.63, 3.8) is 0 Å². The molecule has 0 aromatic rings. The highest BCUT2D eigenvalue weighted by Gasteiger charge is 2.32. The second-order valence-electron chi connectivity index (χ2n) is 8.27. The van der Waals surface area contributed by atoms with Gasteiger partial charge in [0.05, 0.1) is 7.85 Å². The fourth-order valence-corrected chi connectivity index (χ4v) is 3.77. The van der Waals surface area contributed by atoms with Gasteiger partial charge in [0, 0.05) is 0 Å². The van der Waals surface area contributed by atoms with Crippen molar-refractivity contribution in [3.05, 3.63) is 0 Å². The van der Waals surface area contributed by atoms with Crippen molar-refractivity contribution < 1.29 is 0 Å². The molecule has 0 heterocycles. The third kappa shape index (κ3) is 8.24. The van der Waals surface area contributed by atoms with Crippen LogP contribution >= 0.6 is 0 Å². The maximum absolute atomic E-state index is 6.14. The summed E-state index contributed by atoms with van der Waals surface area (Å²) in [6.07, 6.45) is 3.63. The van der Waals surface area contributed by atoms with E-state index in [9.17, 15) is 0 Å². The van der Waals surface area contributed by atoms with Gasteiger partial charge in [-0.2, -0.15) is 0 Å². The topological polar surface area (TPSA) is 0 Å². The Hall–Kier alpha value is 0.0649. The minimum atomic E-state index is -0.0581. The molecule has 16 heavy (non-hydrogen) atoms. The minimum absolute atomic E-state index is 0.0581. The van der Waals surface area contributed by atoms with E-state index in [1.807, 2.05) is 0 Å².